The molecule has 7 nitrogen and oxygen atoms in total. The van der Waals surface area contributed by atoms with E-state index < -0.39 is 10.0 Å². The Balaban J connectivity index is 1.49. The molecule has 0 saturated carbocycles. The molecule has 29 heavy (non-hydrogen) atoms. The summed E-state index contributed by atoms with van der Waals surface area (Å²) in [6.45, 7) is 0. The van der Waals surface area contributed by atoms with Gasteiger partial charge >= 0.3 is 4.87 Å². The van der Waals surface area contributed by atoms with Crippen molar-refractivity contribution in [3.63, 3.8) is 0 Å². The van der Waals surface area contributed by atoms with Crippen molar-refractivity contribution < 1.29 is 13.2 Å². The molecule has 2 aromatic carbocycles. The molecule has 0 unspecified atom stereocenters. The number of carbonyl (C=O) groups is 1. The average molecular weight is 446 g/mol. The summed E-state index contributed by atoms with van der Waals surface area (Å²) in [6.07, 6.45) is 0. The molecule has 2 aromatic heterocycles. The molecule has 4 rings (SSSR count). The van der Waals surface area contributed by atoms with Crippen LogP contribution in [-0.4, -0.2) is 18.9 Å². The van der Waals surface area contributed by atoms with Crippen LogP contribution in [0, 0.1) is 0 Å². The molecule has 0 bridgehead atoms. The van der Waals surface area contributed by atoms with Gasteiger partial charge in [0.25, 0.3) is 15.9 Å². The minimum Gasteiger partial charge on any atom is -0.322 e. The van der Waals surface area contributed by atoms with Crippen LogP contribution in [0.2, 0.25) is 0 Å². The number of hydrogen-bond acceptors (Lipinski definition) is 6. The summed E-state index contributed by atoms with van der Waals surface area (Å²) in [5.74, 6) is -0.333. The van der Waals surface area contributed by atoms with Gasteiger partial charge in [0.15, 0.2) is 0 Å². The van der Waals surface area contributed by atoms with E-state index in [1.54, 1.807) is 53.4 Å². The molecular formula is C19H15N3O4S3. The van der Waals surface area contributed by atoms with Crippen LogP contribution in [0.4, 0.5) is 11.4 Å². The maximum Gasteiger partial charge on any atom is 0.307 e. The normalized spacial score (nSPS) is 11.5. The Morgan fingerprint density at radius 1 is 1.03 bits per heavy atom. The van der Waals surface area contributed by atoms with Crippen molar-refractivity contribution in [2.45, 2.75) is 4.21 Å². The summed E-state index contributed by atoms with van der Waals surface area (Å²) in [7, 11) is -1.93. The SMILES string of the molecule is Cn1c(=O)sc2cc(NC(=O)c3ccc(NS(=O)(=O)c4cccs4)cc3)ccc21. The average Bonchev–Trinajstić information content (AvgIpc) is 3.32. The third-order valence-electron chi connectivity index (χ3n) is 4.21. The molecule has 2 N–H and O–H groups in total. The van der Waals surface area contributed by atoms with E-state index in [0.717, 1.165) is 32.9 Å². The lowest BCUT2D eigenvalue weighted by Crippen LogP contribution is -2.13. The number of hydrogen-bond donors (Lipinski definition) is 2. The first-order chi connectivity index (χ1) is 13.8. The lowest BCUT2D eigenvalue weighted by Gasteiger charge is -2.08. The van der Waals surface area contributed by atoms with Crippen LogP contribution in [0.3, 0.4) is 0 Å². The Morgan fingerprint density at radius 2 is 1.76 bits per heavy atom. The molecule has 0 aliphatic carbocycles. The van der Waals surface area contributed by atoms with Gasteiger partial charge in [0.05, 0.1) is 10.2 Å². The summed E-state index contributed by atoms with van der Waals surface area (Å²) in [5, 5.41) is 4.48. The van der Waals surface area contributed by atoms with Crippen molar-refractivity contribution in [3.8, 4) is 0 Å². The quantitative estimate of drug-likeness (QED) is 0.489. The molecule has 0 aliphatic rings. The van der Waals surface area contributed by atoms with E-state index in [1.807, 2.05) is 0 Å². The van der Waals surface area contributed by atoms with Crippen molar-refractivity contribution in [2.24, 2.45) is 7.05 Å². The minimum absolute atomic E-state index is 0.0657. The van der Waals surface area contributed by atoms with Gasteiger partial charge in [-0.05, 0) is 53.9 Å². The standard InChI is InChI=1S/C19H15N3O4S3/c1-22-15-9-8-14(11-16(15)28-19(22)24)20-18(23)12-4-6-13(7-5-12)21-29(25,26)17-3-2-10-27-17/h2-11,21H,1H3,(H,20,23). The predicted octanol–water partition coefficient (Wildman–Crippen LogP) is 3.71. The maximum atomic E-state index is 12.5. The number of aryl methyl sites for hydroxylation is 1. The van der Waals surface area contributed by atoms with Crippen LogP contribution in [0.1, 0.15) is 10.4 Å². The first-order valence-electron chi connectivity index (χ1n) is 8.41. The molecule has 0 saturated heterocycles. The largest absolute Gasteiger partial charge is 0.322 e. The minimum atomic E-state index is -3.63. The number of thiophene rings is 1. The van der Waals surface area contributed by atoms with Gasteiger partial charge in [-0.3, -0.25) is 14.3 Å². The fourth-order valence-electron chi connectivity index (χ4n) is 2.73. The highest BCUT2D eigenvalue weighted by Gasteiger charge is 2.15. The summed E-state index contributed by atoms with van der Waals surface area (Å²) in [6, 6.07) is 14.6. The third kappa shape index (κ3) is 3.95. The Hall–Kier alpha value is -2.95. The molecule has 148 valence electrons. The number of thiazole rings is 1. The summed E-state index contributed by atoms with van der Waals surface area (Å²) < 4.78 is 29.6. The van der Waals surface area contributed by atoms with Gasteiger partial charge < -0.3 is 9.88 Å². The number of carbonyl (C=O) groups excluding carboxylic acids is 1. The molecule has 4 aromatic rings. The van der Waals surface area contributed by atoms with E-state index >= 15 is 0 Å². The van der Waals surface area contributed by atoms with Crippen molar-refractivity contribution in [3.05, 3.63) is 75.2 Å². The van der Waals surface area contributed by atoms with Crippen LogP contribution >= 0.6 is 22.7 Å². The van der Waals surface area contributed by atoms with Crippen molar-refractivity contribution in [1.82, 2.24) is 4.57 Å². The Bertz CT molecular complexity index is 1350. The molecular weight excluding hydrogens is 430 g/mol. The summed E-state index contributed by atoms with van der Waals surface area (Å²) in [5.41, 5.74) is 2.13. The number of anilines is 2. The zero-order valence-corrected chi connectivity index (χ0v) is 17.5. The van der Waals surface area contributed by atoms with E-state index in [2.05, 4.69) is 10.0 Å². The molecule has 0 atom stereocenters. The summed E-state index contributed by atoms with van der Waals surface area (Å²) in [4.78, 5) is 24.2. The van der Waals surface area contributed by atoms with E-state index in [9.17, 15) is 18.0 Å². The van der Waals surface area contributed by atoms with Crippen LogP contribution in [0.5, 0.6) is 0 Å². The highest BCUT2D eigenvalue weighted by molar-refractivity contribution is 7.94. The second kappa shape index (κ2) is 7.47. The summed E-state index contributed by atoms with van der Waals surface area (Å²) >= 11 is 2.24. The second-order valence-electron chi connectivity index (χ2n) is 6.18. The van der Waals surface area contributed by atoms with Gasteiger partial charge in [0.1, 0.15) is 4.21 Å². The van der Waals surface area contributed by atoms with E-state index in [4.69, 9.17) is 0 Å². The topological polar surface area (TPSA) is 97.3 Å². The van der Waals surface area contributed by atoms with Crippen molar-refractivity contribution >= 4 is 60.2 Å². The highest BCUT2D eigenvalue weighted by atomic mass is 32.2. The Kier molecular flexibility index (Phi) is 4.99. The zero-order valence-electron chi connectivity index (χ0n) is 15.1. The van der Waals surface area contributed by atoms with E-state index in [1.165, 1.54) is 18.2 Å². The fraction of sp³-hybridized carbons (Fsp3) is 0.0526. The fourth-order valence-corrected chi connectivity index (χ4v) is 5.70. The number of fused-ring (bicyclic) bond motifs is 1. The molecule has 2 heterocycles. The van der Waals surface area contributed by atoms with Gasteiger partial charge in [-0.15, -0.1) is 11.3 Å². The number of aromatic nitrogens is 1. The molecule has 0 fully saturated rings. The second-order valence-corrected chi connectivity index (χ2v) is 10.0. The van der Waals surface area contributed by atoms with E-state index in [-0.39, 0.29) is 15.0 Å². The Labute approximate surface area is 174 Å². The zero-order chi connectivity index (χ0) is 20.6. The Morgan fingerprint density at radius 3 is 2.45 bits per heavy atom. The van der Waals surface area contributed by atoms with Gasteiger partial charge in [-0.25, -0.2) is 8.42 Å². The molecule has 10 heteroatoms. The number of sulfonamides is 1. The lowest BCUT2D eigenvalue weighted by atomic mass is 10.2. The van der Waals surface area contributed by atoms with Gasteiger partial charge in [-0.1, -0.05) is 17.4 Å². The maximum absolute atomic E-state index is 12.5. The third-order valence-corrected chi connectivity index (χ3v) is 7.98. The van der Waals surface area contributed by atoms with Crippen molar-refractivity contribution in [1.29, 1.82) is 0 Å². The van der Waals surface area contributed by atoms with Crippen LogP contribution in [-0.2, 0) is 17.1 Å². The first-order valence-corrected chi connectivity index (χ1v) is 11.6. The smallest absolute Gasteiger partial charge is 0.307 e. The van der Waals surface area contributed by atoms with Gasteiger partial charge in [0.2, 0.25) is 0 Å². The number of nitrogens with zero attached hydrogens (tertiary/aromatic N) is 1. The molecule has 0 radical (unpaired) electrons. The van der Waals surface area contributed by atoms with Gasteiger partial charge in [0, 0.05) is 24.0 Å². The molecule has 0 spiro atoms. The lowest BCUT2D eigenvalue weighted by molar-refractivity contribution is 0.102. The molecule has 1 amide bonds. The van der Waals surface area contributed by atoms with Crippen LogP contribution in [0.15, 0.2) is 69.0 Å². The number of rotatable bonds is 5. The predicted molar refractivity (Wildman–Crippen MR) is 117 cm³/mol. The monoisotopic (exact) mass is 445 g/mol. The number of nitrogens with one attached hydrogen (secondary N) is 2. The van der Waals surface area contributed by atoms with Crippen molar-refractivity contribution in [2.75, 3.05) is 10.0 Å². The number of amides is 1. The first kappa shape index (κ1) is 19.4. The van der Waals surface area contributed by atoms with Crippen LogP contribution in [0.25, 0.3) is 10.2 Å². The van der Waals surface area contributed by atoms with Crippen LogP contribution < -0.4 is 14.9 Å². The van der Waals surface area contributed by atoms with E-state index in [0.29, 0.717) is 16.9 Å². The van der Waals surface area contributed by atoms with Gasteiger partial charge in [-0.2, -0.15) is 0 Å². The number of benzene rings is 2. The molecule has 0 aliphatic heterocycles. The highest BCUT2D eigenvalue weighted by Crippen LogP contribution is 2.23.